The SMILES string of the molecule is CSc1nn(-c2c(Cl)cc(C(F)(F)F)cc2Cl)c(N)c1-c1cccc(C)c1. The van der Waals surface area contributed by atoms with Crippen molar-refractivity contribution in [1.82, 2.24) is 9.78 Å². The molecule has 0 aliphatic rings. The maximum absolute atomic E-state index is 13.0. The molecule has 0 radical (unpaired) electrons. The molecular formula is C18H14Cl2F3N3S. The van der Waals surface area contributed by atoms with E-state index in [1.807, 2.05) is 37.4 Å². The van der Waals surface area contributed by atoms with Crippen LogP contribution in [0, 0.1) is 6.92 Å². The number of benzene rings is 2. The number of thioether (sulfide) groups is 1. The lowest BCUT2D eigenvalue weighted by Gasteiger charge is -2.13. The van der Waals surface area contributed by atoms with Gasteiger partial charge in [-0.15, -0.1) is 11.8 Å². The van der Waals surface area contributed by atoms with Crippen molar-refractivity contribution in [2.45, 2.75) is 18.1 Å². The largest absolute Gasteiger partial charge is 0.416 e. The van der Waals surface area contributed by atoms with Crippen LogP contribution in [0.5, 0.6) is 0 Å². The van der Waals surface area contributed by atoms with Crippen molar-refractivity contribution in [3.05, 3.63) is 57.6 Å². The molecule has 142 valence electrons. The van der Waals surface area contributed by atoms with E-state index in [0.717, 1.165) is 23.3 Å². The lowest BCUT2D eigenvalue weighted by atomic mass is 10.1. The van der Waals surface area contributed by atoms with Gasteiger partial charge < -0.3 is 5.73 Å². The molecule has 3 aromatic rings. The van der Waals surface area contributed by atoms with Gasteiger partial charge in [0.1, 0.15) is 16.5 Å². The number of alkyl halides is 3. The number of rotatable bonds is 3. The average Bonchev–Trinajstić information content (AvgIpc) is 2.90. The Morgan fingerprint density at radius 2 is 1.74 bits per heavy atom. The number of aromatic nitrogens is 2. The molecule has 0 fully saturated rings. The van der Waals surface area contributed by atoms with Gasteiger partial charge in [0.05, 0.1) is 21.2 Å². The minimum Gasteiger partial charge on any atom is -0.383 e. The fraction of sp³-hybridized carbons (Fsp3) is 0.167. The van der Waals surface area contributed by atoms with E-state index in [0.29, 0.717) is 10.6 Å². The van der Waals surface area contributed by atoms with E-state index < -0.39 is 11.7 Å². The van der Waals surface area contributed by atoms with Crippen molar-refractivity contribution in [2.75, 3.05) is 12.0 Å². The first kappa shape index (κ1) is 19.9. The second-order valence-electron chi connectivity index (χ2n) is 5.84. The summed E-state index contributed by atoms with van der Waals surface area (Å²) in [6.45, 7) is 1.95. The molecule has 3 rings (SSSR count). The zero-order valence-electron chi connectivity index (χ0n) is 14.2. The van der Waals surface area contributed by atoms with Crippen LogP contribution in [0.2, 0.25) is 10.0 Å². The molecule has 27 heavy (non-hydrogen) atoms. The van der Waals surface area contributed by atoms with Gasteiger partial charge in [0.25, 0.3) is 0 Å². The molecule has 1 aromatic heterocycles. The van der Waals surface area contributed by atoms with Crippen molar-refractivity contribution in [2.24, 2.45) is 0 Å². The molecule has 0 bridgehead atoms. The molecule has 9 heteroatoms. The highest BCUT2D eigenvalue weighted by atomic mass is 35.5. The Hall–Kier alpha value is -1.83. The summed E-state index contributed by atoms with van der Waals surface area (Å²) in [7, 11) is 0. The van der Waals surface area contributed by atoms with Crippen LogP contribution in [0.15, 0.2) is 41.4 Å². The summed E-state index contributed by atoms with van der Waals surface area (Å²) >= 11 is 13.6. The highest BCUT2D eigenvalue weighted by molar-refractivity contribution is 7.98. The van der Waals surface area contributed by atoms with E-state index >= 15 is 0 Å². The van der Waals surface area contributed by atoms with Crippen molar-refractivity contribution in [3.63, 3.8) is 0 Å². The van der Waals surface area contributed by atoms with Crippen molar-refractivity contribution >= 4 is 40.8 Å². The van der Waals surface area contributed by atoms with Crippen molar-refractivity contribution in [3.8, 4) is 16.8 Å². The Morgan fingerprint density at radius 3 is 2.26 bits per heavy atom. The molecule has 0 aliphatic heterocycles. The number of halogens is 5. The van der Waals surface area contributed by atoms with E-state index in [-0.39, 0.29) is 21.6 Å². The fourth-order valence-corrected chi connectivity index (χ4v) is 3.96. The number of aryl methyl sites for hydroxylation is 1. The van der Waals surface area contributed by atoms with Gasteiger partial charge in [-0.3, -0.25) is 0 Å². The summed E-state index contributed by atoms with van der Waals surface area (Å²) in [6, 6.07) is 9.31. The Morgan fingerprint density at radius 1 is 1.11 bits per heavy atom. The first-order chi connectivity index (χ1) is 12.6. The van der Waals surface area contributed by atoms with Crippen LogP contribution in [-0.4, -0.2) is 16.0 Å². The molecule has 1 heterocycles. The lowest BCUT2D eigenvalue weighted by molar-refractivity contribution is -0.137. The highest BCUT2D eigenvalue weighted by Crippen LogP contribution is 2.41. The Balaban J connectivity index is 2.23. The maximum atomic E-state index is 13.0. The van der Waals surface area contributed by atoms with Crippen molar-refractivity contribution in [1.29, 1.82) is 0 Å². The minimum atomic E-state index is -4.56. The molecule has 2 aromatic carbocycles. The second-order valence-corrected chi connectivity index (χ2v) is 7.45. The second kappa shape index (κ2) is 7.30. The third-order valence-corrected chi connectivity index (χ3v) is 5.19. The zero-order chi connectivity index (χ0) is 19.9. The minimum absolute atomic E-state index is 0.109. The smallest absolute Gasteiger partial charge is 0.383 e. The molecular weight excluding hydrogens is 418 g/mol. The normalized spacial score (nSPS) is 11.8. The van der Waals surface area contributed by atoms with E-state index in [1.54, 1.807) is 0 Å². The quantitative estimate of drug-likeness (QED) is 0.482. The van der Waals surface area contributed by atoms with Crippen LogP contribution in [-0.2, 0) is 6.18 Å². The van der Waals surface area contributed by atoms with Gasteiger partial charge in [0.2, 0.25) is 0 Å². The summed E-state index contributed by atoms with van der Waals surface area (Å²) in [5, 5.41) is 4.66. The standard InChI is InChI=1S/C18H14Cl2F3N3S/c1-9-4-3-5-10(6-9)14-16(24)26(25-17(14)27-2)15-12(19)7-11(8-13(15)20)18(21,22)23/h3-8H,24H2,1-2H3. The number of nitrogen functional groups attached to an aromatic ring is 1. The molecule has 0 amide bonds. The van der Waals surface area contributed by atoms with Crippen LogP contribution < -0.4 is 5.73 Å². The number of nitrogens with zero attached hydrogens (tertiary/aromatic N) is 2. The first-order valence-corrected chi connectivity index (χ1v) is 9.67. The Bertz CT molecular complexity index is 993. The molecule has 0 aliphatic carbocycles. The van der Waals surface area contributed by atoms with Gasteiger partial charge >= 0.3 is 6.18 Å². The summed E-state index contributed by atoms with van der Waals surface area (Å²) in [4.78, 5) is 0. The number of nitrogens with two attached hydrogens (primary N) is 1. The topological polar surface area (TPSA) is 43.8 Å². The van der Waals surface area contributed by atoms with E-state index in [9.17, 15) is 13.2 Å². The molecule has 0 saturated carbocycles. The van der Waals surface area contributed by atoms with Gasteiger partial charge in [-0.1, -0.05) is 53.0 Å². The van der Waals surface area contributed by atoms with Gasteiger partial charge in [-0.25, -0.2) is 4.68 Å². The molecule has 0 atom stereocenters. The van der Waals surface area contributed by atoms with E-state index in [2.05, 4.69) is 5.10 Å². The number of anilines is 1. The number of hydrogen-bond donors (Lipinski definition) is 1. The Kier molecular flexibility index (Phi) is 5.38. The van der Waals surface area contributed by atoms with E-state index in [1.165, 1.54) is 16.4 Å². The van der Waals surface area contributed by atoms with Gasteiger partial charge in [0.15, 0.2) is 0 Å². The summed E-state index contributed by atoms with van der Waals surface area (Å²) in [5.41, 5.74) is 8.05. The molecule has 0 saturated heterocycles. The van der Waals surface area contributed by atoms with Crippen LogP contribution in [0.25, 0.3) is 16.8 Å². The average molecular weight is 432 g/mol. The fourth-order valence-electron chi connectivity index (χ4n) is 2.73. The van der Waals surface area contributed by atoms with Gasteiger partial charge in [-0.2, -0.15) is 18.3 Å². The van der Waals surface area contributed by atoms with Gasteiger partial charge in [-0.05, 0) is 30.9 Å². The number of hydrogen-bond acceptors (Lipinski definition) is 3. The predicted molar refractivity (Wildman–Crippen MR) is 105 cm³/mol. The molecule has 2 N–H and O–H groups in total. The molecule has 0 unspecified atom stereocenters. The maximum Gasteiger partial charge on any atom is 0.416 e. The third kappa shape index (κ3) is 3.77. The van der Waals surface area contributed by atoms with Crippen molar-refractivity contribution < 1.29 is 13.2 Å². The van der Waals surface area contributed by atoms with E-state index in [4.69, 9.17) is 28.9 Å². The molecule has 3 nitrogen and oxygen atoms in total. The van der Waals surface area contributed by atoms with Crippen LogP contribution in [0.4, 0.5) is 19.0 Å². The Labute approximate surface area is 168 Å². The summed E-state index contributed by atoms with van der Waals surface area (Å²) in [6.07, 6.45) is -2.72. The highest BCUT2D eigenvalue weighted by Gasteiger charge is 2.33. The predicted octanol–water partition coefficient (Wildman–Crippen LogP) is 6.48. The monoisotopic (exact) mass is 431 g/mol. The third-order valence-electron chi connectivity index (χ3n) is 3.95. The van der Waals surface area contributed by atoms with Crippen LogP contribution in [0.3, 0.4) is 0 Å². The zero-order valence-corrected chi connectivity index (χ0v) is 16.6. The summed E-state index contributed by atoms with van der Waals surface area (Å²) < 4.78 is 40.2. The van der Waals surface area contributed by atoms with Gasteiger partial charge in [0, 0.05) is 0 Å². The van der Waals surface area contributed by atoms with Crippen LogP contribution in [0.1, 0.15) is 11.1 Å². The van der Waals surface area contributed by atoms with Crippen LogP contribution >= 0.6 is 35.0 Å². The lowest BCUT2D eigenvalue weighted by Crippen LogP contribution is -2.08. The molecule has 0 spiro atoms. The summed E-state index contributed by atoms with van der Waals surface area (Å²) in [5.74, 6) is 0.244. The first-order valence-electron chi connectivity index (χ1n) is 7.69.